The van der Waals surface area contributed by atoms with Crippen LogP contribution in [0.3, 0.4) is 0 Å². The number of halogens is 1. The highest BCUT2D eigenvalue weighted by Gasteiger charge is 2.29. The highest BCUT2D eigenvalue weighted by atomic mass is 35.5. The summed E-state index contributed by atoms with van der Waals surface area (Å²) in [7, 11) is 3.51. The Balaban J connectivity index is 1.64. The van der Waals surface area contributed by atoms with Crippen LogP contribution in [0.1, 0.15) is 32.1 Å². The molecule has 0 spiro atoms. The van der Waals surface area contributed by atoms with E-state index in [1.165, 1.54) is 12.8 Å². The molecule has 2 fully saturated rings. The van der Waals surface area contributed by atoms with E-state index in [-0.39, 0.29) is 18.6 Å². The monoisotopic (exact) mass is 392 g/mol. The zero-order chi connectivity index (χ0) is 19.2. The van der Waals surface area contributed by atoms with Crippen molar-refractivity contribution in [3.63, 3.8) is 0 Å². The van der Waals surface area contributed by atoms with Crippen molar-refractivity contribution in [2.75, 3.05) is 33.7 Å². The Morgan fingerprint density at radius 1 is 1.30 bits per heavy atom. The second-order valence-electron chi connectivity index (χ2n) is 7.46. The summed E-state index contributed by atoms with van der Waals surface area (Å²) in [6, 6.07) is 8.00. The van der Waals surface area contributed by atoms with Crippen molar-refractivity contribution in [2.45, 2.75) is 44.2 Å². The molecule has 1 aromatic rings. The molecule has 0 radical (unpaired) electrons. The number of hydrogen-bond acceptors (Lipinski definition) is 3. The van der Waals surface area contributed by atoms with Gasteiger partial charge in [-0.25, -0.2) is 4.99 Å². The lowest BCUT2D eigenvalue weighted by Crippen LogP contribution is -2.45. The Bertz CT molecular complexity index is 674. The van der Waals surface area contributed by atoms with Crippen LogP contribution < -0.4 is 10.1 Å². The van der Waals surface area contributed by atoms with Crippen LogP contribution in [-0.2, 0) is 4.79 Å². The molecule has 1 N–H and O–H groups in total. The molecule has 1 aliphatic heterocycles. The first kappa shape index (κ1) is 19.8. The van der Waals surface area contributed by atoms with Crippen LogP contribution in [-0.4, -0.2) is 67.5 Å². The van der Waals surface area contributed by atoms with Crippen molar-refractivity contribution in [1.29, 1.82) is 0 Å². The third-order valence-corrected chi connectivity index (χ3v) is 5.44. The van der Waals surface area contributed by atoms with E-state index < -0.39 is 0 Å². The number of guanidine groups is 1. The highest BCUT2D eigenvalue weighted by Crippen LogP contribution is 2.26. The Kier molecular flexibility index (Phi) is 6.83. The third kappa shape index (κ3) is 5.51. The minimum atomic E-state index is 0.00351. The predicted octanol–water partition coefficient (Wildman–Crippen LogP) is 2.77. The van der Waals surface area contributed by atoms with E-state index in [1.807, 2.05) is 24.3 Å². The number of ether oxygens (including phenoxy) is 1. The van der Waals surface area contributed by atoms with E-state index in [0.29, 0.717) is 11.1 Å². The summed E-state index contributed by atoms with van der Waals surface area (Å²) in [5.41, 5.74) is 0. The summed E-state index contributed by atoms with van der Waals surface area (Å²) in [6.07, 6.45) is 5.78. The summed E-state index contributed by atoms with van der Waals surface area (Å²) in [4.78, 5) is 20.4. The van der Waals surface area contributed by atoms with Crippen molar-refractivity contribution in [1.82, 2.24) is 15.1 Å². The van der Waals surface area contributed by atoms with Crippen molar-refractivity contribution in [3.05, 3.63) is 29.3 Å². The topological polar surface area (TPSA) is 57.2 Å². The standard InChI is InChI=1S/C20H29ClN4O2/c1-24(2)19(26)13-22-20(23-15-7-3-4-8-15)25-12-11-16(14-25)27-18-10-6-5-9-17(18)21/h5-6,9-10,15-16H,3-4,7-8,11-14H2,1-2H3,(H,22,23). The summed E-state index contributed by atoms with van der Waals surface area (Å²) in [5.74, 6) is 1.54. The molecular formula is C20H29ClN4O2. The summed E-state index contributed by atoms with van der Waals surface area (Å²) >= 11 is 6.21. The molecule has 7 heteroatoms. The molecule has 1 unspecified atom stereocenters. The van der Waals surface area contributed by atoms with Crippen LogP contribution in [0.2, 0.25) is 5.02 Å². The first-order chi connectivity index (χ1) is 13.0. The molecule has 1 atom stereocenters. The zero-order valence-corrected chi connectivity index (χ0v) is 16.9. The van der Waals surface area contributed by atoms with Gasteiger partial charge in [-0.05, 0) is 25.0 Å². The minimum absolute atomic E-state index is 0.00351. The summed E-state index contributed by atoms with van der Waals surface area (Å²) < 4.78 is 6.09. The lowest BCUT2D eigenvalue weighted by molar-refractivity contribution is -0.127. The summed E-state index contributed by atoms with van der Waals surface area (Å²) in [5, 5.41) is 4.20. The largest absolute Gasteiger partial charge is 0.487 e. The molecule has 27 heavy (non-hydrogen) atoms. The lowest BCUT2D eigenvalue weighted by atomic mass is 10.2. The number of likely N-dealkylation sites (N-methyl/N-ethyl adjacent to an activating group) is 1. The van der Waals surface area contributed by atoms with Crippen LogP contribution in [0.5, 0.6) is 5.75 Å². The number of para-hydroxylation sites is 1. The number of nitrogens with one attached hydrogen (secondary N) is 1. The Morgan fingerprint density at radius 2 is 2.04 bits per heavy atom. The van der Waals surface area contributed by atoms with Gasteiger partial charge in [0.25, 0.3) is 0 Å². The number of rotatable bonds is 5. The van der Waals surface area contributed by atoms with Gasteiger partial charge in [0.15, 0.2) is 5.96 Å². The fourth-order valence-electron chi connectivity index (χ4n) is 3.51. The minimum Gasteiger partial charge on any atom is -0.487 e. The first-order valence-corrected chi connectivity index (χ1v) is 10.1. The number of aliphatic imine (C=N–C) groups is 1. The van der Waals surface area contributed by atoms with Gasteiger partial charge in [0.05, 0.1) is 11.6 Å². The zero-order valence-electron chi connectivity index (χ0n) is 16.2. The normalized spacial score (nSPS) is 20.8. The molecule has 0 aromatic heterocycles. The Hall–Kier alpha value is -1.95. The number of hydrogen-bond donors (Lipinski definition) is 1. The van der Waals surface area contributed by atoms with Gasteiger partial charge in [0, 0.05) is 33.1 Å². The van der Waals surface area contributed by atoms with E-state index in [9.17, 15) is 4.79 Å². The van der Waals surface area contributed by atoms with Gasteiger partial charge in [-0.2, -0.15) is 0 Å². The van der Waals surface area contributed by atoms with Crippen molar-refractivity contribution >= 4 is 23.5 Å². The lowest BCUT2D eigenvalue weighted by Gasteiger charge is -2.25. The van der Waals surface area contributed by atoms with E-state index in [0.717, 1.165) is 44.1 Å². The van der Waals surface area contributed by atoms with E-state index in [2.05, 4.69) is 15.2 Å². The highest BCUT2D eigenvalue weighted by molar-refractivity contribution is 6.32. The molecule has 148 valence electrons. The molecule has 1 aromatic carbocycles. The number of nitrogens with zero attached hydrogens (tertiary/aromatic N) is 3. The van der Waals surface area contributed by atoms with E-state index in [1.54, 1.807) is 19.0 Å². The third-order valence-electron chi connectivity index (χ3n) is 5.13. The molecule has 1 saturated heterocycles. The number of amides is 1. The van der Waals surface area contributed by atoms with Crippen molar-refractivity contribution < 1.29 is 9.53 Å². The van der Waals surface area contributed by atoms with Crippen LogP contribution in [0, 0.1) is 0 Å². The van der Waals surface area contributed by atoms with Crippen molar-refractivity contribution in [3.8, 4) is 5.75 Å². The fraction of sp³-hybridized carbons (Fsp3) is 0.600. The first-order valence-electron chi connectivity index (χ1n) is 9.70. The summed E-state index contributed by atoms with van der Waals surface area (Å²) in [6.45, 7) is 1.75. The van der Waals surface area contributed by atoms with Crippen LogP contribution in [0.25, 0.3) is 0 Å². The van der Waals surface area contributed by atoms with Gasteiger partial charge < -0.3 is 19.9 Å². The van der Waals surface area contributed by atoms with Crippen LogP contribution in [0.15, 0.2) is 29.3 Å². The molecule has 6 nitrogen and oxygen atoms in total. The van der Waals surface area contributed by atoms with Gasteiger partial charge in [-0.3, -0.25) is 4.79 Å². The molecule has 1 amide bonds. The average molecular weight is 393 g/mol. The van der Waals surface area contributed by atoms with Crippen LogP contribution in [0.4, 0.5) is 0 Å². The molecule has 0 bridgehead atoms. The van der Waals surface area contributed by atoms with Crippen LogP contribution >= 0.6 is 11.6 Å². The maximum absolute atomic E-state index is 12.0. The number of likely N-dealkylation sites (tertiary alicyclic amines) is 1. The molecule has 2 aliphatic rings. The van der Waals surface area contributed by atoms with Crippen molar-refractivity contribution in [2.24, 2.45) is 4.99 Å². The predicted molar refractivity (Wildman–Crippen MR) is 108 cm³/mol. The fourth-order valence-corrected chi connectivity index (χ4v) is 3.69. The average Bonchev–Trinajstić information content (AvgIpc) is 3.32. The van der Waals surface area contributed by atoms with Gasteiger partial charge in [-0.15, -0.1) is 0 Å². The second kappa shape index (κ2) is 9.31. The molecule has 3 rings (SSSR count). The Morgan fingerprint density at radius 3 is 2.74 bits per heavy atom. The maximum Gasteiger partial charge on any atom is 0.243 e. The molecular weight excluding hydrogens is 364 g/mol. The SMILES string of the molecule is CN(C)C(=O)CN=C(NC1CCCC1)N1CCC(Oc2ccccc2Cl)C1. The van der Waals surface area contributed by atoms with E-state index in [4.69, 9.17) is 16.3 Å². The van der Waals surface area contributed by atoms with Gasteiger partial charge in [0.2, 0.25) is 5.91 Å². The van der Waals surface area contributed by atoms with Gasteiger partial charge in [0.1, 0.15) is 18.4 Å². The quantitative estimate of drug-likeness (QED) is 0.618. The molecule has 1 heterocycles. The second-order valence-corrected chi connectivity index (χ2v) is 7.87. The van der Waals surface area contributed by atoms with E-state index >= 15 is 0 Å². The maximum atomic E-state index is 12.0. The molecule has 1 saturated carbocycles. The Labute approximate surface area is 166 Å². The van der Waals surface area contributed by atoms with Gasteiger partial charge in [-0.1, -0.05) is 36.6 Å². The number of carbonyl (C=O) groups excluding carboxylic acids is 1. The smallest absolute Gasteiger partial charge is 0.243 e. The molecule has 1 aliphatic carbocycles. The van der Waals surface area contributed by atoms with Gasteiger partial charge >= 0.3 is 0 Å². The number of carbonyl (C=O) groups is 1. The number of benzene rings is 1.